The van der Waals surface area contributed by atoms with Crippen LogP contribution in [-0.2, 0) is 6.42 Å². The van der Waals surface area contributed by atoms with Gasteiger partial charge in [-0.3, -0.25) is 19.9 Å². The number of allylic oxidation sites excluding steroid dienone is 1. The molecule has 0 aromatic carbocycles. The molecule has 186 valence electrons. The van der Waals surface area contributed by atoms with Gasteiger partial charge < -0.3 is 16.0 Å². The van der Waals surface area contributed by atoms with Crippen molar-refractivity contribution in [3.63, 3.8) is 0 Å². The maximum absolute atomic E-state index is 15.8. The van der Waals surface area contributed by atoms with Crippen LogP contribution in [0.3, 0.4) is 0 Å². The van der Waals surface area contributed by atoms with Gasteiger partial charge in [-0.1, -0.05) is 27.4 Å². The first-order chi connectivity index (χ1) is 17.7. The summed E-state index contributed by atoms with van der Waals surface area (Å²) in [5.41, 5.74) is 11.8. The summed E-state index contributed by atoms with van der Waals surface area (Å²) >= 11 is 0. The number of hydrogen-bond donors (Lipinski definition) is 3. The number of aromatic nitrogens is 6. The number of fused-ring (bicyclic) bond motifs is 1. The molecule has 0 amide bonds. The molecule has 0 saturated carbocycles. The first-order valence-corrected chi connectivity index (χ1v) is 11.8. The molecule has 0 spiro atoms. The summed E-state index contributed by atoms with van der Waals surface area (Å²) in [5, 5.41) is 3.25. The van der Waals surface area contributed by atoms with Crippen LogP contribution >= 0.6 is 0 Å². The van der Waals surface area contributed by atoms with Crippen molar-refractivity contribution in [3.05, 3.63) is 90.9 Å². The van der Waals surface area contributed by atoms with Gasteiger partial charge in [0.15, 0.2) is 5.82 Å². The molecule has 0 saturated heterocycles. The van der Waals surface area contributed by atoms with Gasteiger partial charge in [0.05, 0.1) is 35.0 Å². The fraction of sp³-hybridized carbons (Fsp3) is 0.179. The van der Waals surface area contributed by atoms with Gasteiger partial charge in [0, 0.05) is 59.0 Å². The average Bonchev–Trinajstić information content (AvgIpc) is 3.29. The predicted octanol–water partition coefficient (Wildman–Crippen LogP) is 5.76. The monoisotopic (exact) mass is 494 g/mol. The highest BCUT2D eigenvalue weighted by atomic mass is 19.1. The van der Waals surface area contributed by atoms with Crippen LogP contribution in [0.25, 0.3) is 33.5 Å². The van der Waals surface area contributed by atoms with Gasteiger partial charge in [0.2, 0.25) is 0 Å². The molecule has 37 heavy (non-hydrogen) atoms. The molecule has 9 heteroatoms. The topological polar surface area (TPSA) is 118 Å². The number of imidazole rings is 1. The fourth-order valence-electron chi connectivity index (χ4n) is 3.87. The molecule has 5 aromatic heterocycles. The molecule has 4 N–H and O–H groups in total. The number of halogens is 1. The lowest BCUT2D eigenvalue weighted by molar-refractivity contribution is 0.509. The predicted molar refractivity (Wildman–Crippen MR) is 144 cm³/mol. The van der Waals surface area contributed by atoms with Crippen molar-refractivity contribution in [1.82, 2.24) is 29.9 Å². The van der Waals surface area contributed by atoms with Crippen LogP contribution in [0.2, 0.25) is 0 Å². The first-order valence-electron chi connectivity index (χ1n) is 11.8. The number of nitrogens with two attached hydrogens (primary N) is 1. The van der Waals surface area contributed by atoms with E-state index in [0.717, 1.165) is 16.8 Å². The fourth-order valence-corrected chi connectivity index (χ4v) is 3.87. The lowest BCUT2D eigenvalue weighted by Gasteiger charge is -2.23. The first kappa shape index (κ1) is 24.1. The van der Waals surface area contributed by atoms with Crippen molar-refractivity contribution >= 4 is 22.4 Å². The Morgan fingerprint density at radius 3 is 2.59 bits per heavy atom. The number of rotatable bonds is 6. The number of nitrogen functional groups attached to an aromatic ring is 1. The summed E-state index contributed by atoms with van der Waals surface area (Å²) in [6.45, 7) is 10.3. The van der Waals surface area contributed by atoms with Gasteiger partial charge in [0.25, 0.3) is 0 Å². The summed E-state index contributed by atoms with van der Waals surface area (Å²) in [5.74, 6) is 0.0468. The van der Waals surface area contributed by atoms with Crippen molar-refractivity contribution in [2.75, 3.05) is 11.1 Å². The van der Waals surface area contributed by atoms with Crippen LogP contribution in [0.4, 0.5) is 15.8 Å². The van der Waals surface area contributed by atoms with Crippen LogP contribution in [0.1, 0.15) is 32.2 Å². The maximum atomic E-state index is 15.8. The zero-order valence-electron chi connectivity index (χ0n) is 20.9. The van der Waals surface area contributed by atoms with Gasteiger partial charge in [-0.2, -0.15) is 0 Å². The summed E-state index contributed by atoms with van der Waals surface area (Å²) < 4.78 is 15.8. The summed E-state index contributed by atoms with van der Waals surface area (Å²) in [6.07, 6.45) is 10.00. The molecule has 0 bridgehead atoms. The summed E-state index contributed by atoms with van der Waals surface area (Å²) in [7, 11) is 0. The molecule has 0 radical (unpaired) electrons. The van der Waals surface area contributed by atoms with E-state index >= 15 is 4.39 Å². The van der Waals surface area contributed by atoms with Crippen LogP contribution in [0.5, 0.6) is 0 Å². The Morgan fingerprint density at radius 2 is 1.84 bits per heavy atom. The van der Waals surface area contributed by atoms with E-state index < -0.39 is 5.82 Å². The quantitative estimate of drug-likeness (QED) is 0.275. The molecular weight excluding hydrogens is 467 g/mol. The third-order valence-electron chi connectivity index (χ3n) is 6.10. The average molecular weight is 495 g/mol. The van der Waals surface area contributed by atoms with E-state index in [1.54, 1.807) is 37.1 Å². The second kappa shape index (κ2) is 9.42. The van der Waals surface area contributed by atoms with E-state index in [1.807, 2.05) is 18.2 Å². The highest BCUT2D eigenvalue weighted by molar-refractivity contribution is 5.89. The normalized spacial score (nSPS) is 11.6. The number of H-pyrrole nitrogens is 1. The van der Waals surface area contributed by atoms with E-state index in [9.17, 15) is 0 Å². The SMILES string of the molecule is C=C(Nc1cncc(-c2ncc(N)c(Cc3nc4c(-c5cccnc5)nccc4[nH]3)c2F)c1)C(C)(C)C. The Kier molecular flexibility index (Phi) is 6.12. The number of hydrogen-bond acceptors (Lipinski definition) is 7. The minimum Gasteiger partial charge on any atom is -0.397 e. The molecule has 0 atom stereocenters. The third-order valence-corrected chi connectivity index (χ3v) is 6.10. The van der Waals surface area contributed by atoms with E-state index in [4.69, 9.17) is 10.7 Å². The largest absolute Gasteiger partial charge is 0.397 e. The lowest BCUT2D eigenvalue weighted by Crippen LogP contribution is -2.15. The van der Waals surface area contributed by atoms with E-state index in [2.05, 4.69) is 57.6 Å². The smallest absolute Gasteiger partial charge is 0.155 e. The number of aromatic amines is 1. The maximum Gasteiger partial charge on any atom is 0.155 e. The highest BCUT2D eigenvalue weighted by Gasteiger charge is 2.20. The Labute approximate surface area is 214 Å². The van der Waals surface area contributed by atoms with Gasteiger partial charge >= 0.3 is 0 Å². The summed E-state index contributed by atoms with van der Waals surface area (Å²) in [6, 6.07) is 7.39. The zero-order valence-corrected chi connectivity index (χ0v) is 20.9. The van der Waals surface area contributed by atoms with E-state index in [-0.39, 0.29) is 23.2 Å². The number of nitrogens with zero attached hydrogens (tertiary/aromatic N) is 5. The molecule has 0 aliphatic rings. The molecule has 0 aliphatic heterocycles. The van der Waals surface area contributed by atoms with Gasteiger partial charge in [0.1, 0.15) is 17.0 Å². The van der Waals surface area contributed by atoms with Gasteiger partial charge in [-0.15, -0.1) is 0 Å². The summed E-state index contributed by atoms with van der Waals surface area (Å²) in [4.78, 5) is 25.2. The van der Waals surface area contributed by atoms with Crippen LogP contribution in [0.15, 0.2) is 73.7 Å². The standard InChI is InChI=1S/C28H27FN8/c1-16(28(2,3)4)35-19-10-18(13-32-14-19)25-24(29)20(21(30)15-34-25)11-23-36-22-7-9-33-26(27(22)37-23)17-6-5-8-31-12-17/h5-10,12-15,35H,1,11,30H2,2-4H3,(H,36,37). The van der Waals surface area contributed by atoms with Gasteiger partial charge in [-0.05, 0) is 24.3 Å². The molecular formula is C28H27FN8. The number of nitrogens with one attached hydrogen (secondary N) is 2. The minimum atomic E-state index is -0.514. The molecule has 8 nitrogen and oxygen atoms in total. The van der Waals surface area contributed by atoms with Crippen LogP contribution < -0.4 is 11.1 Å². The minimum absolute atomic E-state index is 0.146. The third kappa shape index (κ3) is 4.88. The second-order valence-corrected chi connectivity index (χ2v) is 9.83. The van der Waals surface area contributed by atoms with E-state index in [0.29, 0.717) is 33.8 Å². The molecule has 0 fully saturated rings. The Hall–Kier alpha value is -4.66. The van der Waals surface area contributed by atoms with Gasteiger partial charge in [-0.25, -0.2) is 9.37 Å². The number of pyridine rings is 4. The van der Waals surface area contributed by atoms with Crippen molar-refractivity contribution in [2.45, 2.75) is 27.2 Å². The molecule has 5 rings (SSSR count). The molecule has 5 heterocycles. The number of anilines is 2. The van der Waals surface area contributed by atoms with Crippen molar-refractivity contribution in [1.29, 1.82) is 0 Å². The Morgan fingerprint density at radius 1 is 1.03 bits per heavy atom. The Balaban J connectivity index is 1.49. The molecule has 0 unspecified atom stereocenters. The zero-order chi connectivity index (χ0) is 26.2. The highest BCUT2D eigenvalue weighted by Crippen LogP contribution is 2.31. The molecule has 0 aliphatic carbocycles. The van der Waals surface area contributed by atoms with Crippen molar-refractivity contribution in [3.8, 4) is 22.5 Å². The van der Waals surface area contributed by atoms with E-state index in [1.165, 1.54) is 6.20 Å². The Bertz CT molecular complexity index is 1600. The van der Waals surface area contributed by atoms with Crippen LogP contribution in [-0.4, -0.2) is 29.9 Å². The van der Waals surface area contributed by atoms with Crippen molar-refractivity contribution < 1.29 is 4.39 Å². The molecule has 5 aromatic rings. The van der Waals surface area contributed by atoms with Crippen molar-refractivity contribution in [2.24, 2.45) is 5.41 Å². The van der Waals surface area contributed by atoms with Crippen LogP contribution in [0, 0.1) is 11.2 Å². The lowest BCUT2D eigenvalue weighted by atomic mass is 9.93. The second-order valence-electron chi connectivity index (χ2n) is 9.83.